The number of imide groups is 1. The Morgan fingerprint density at radius 3 is 2.68 bits per heavy atom. The number of rotatable bonds is 4. The number of furan rings is 1. The monoisotopic (exact) mass is 398 g/mol. The molecule has 0 unspecified atom stereocenters. The molecule has 0 radical (unpaired) electrons. The minimum atomic E-state index is -1.05. The highest BCUT2D eigenvalue weighted by Gasteiger charge is 2.67. The predicted molar refractivity (Wildman–Crippen MR) is 98.7 cm³/mol. The fraction of sp³-hybridized carbons (Fsp3) is 0.250. The van der Waals surface area contributed by atoms with Gasteiger partial charge in [-0.05, 0) is 36.4 Å². The van der Waals surface area contributed by atoms with E-state index in [4.69, 9.17) is 20.8 Å². The summed E-state index contributed by atoms with van der Waals surface area (Å²) in [6.45, 7) is 0.0637. The summed E-state index contributed by atoms with van der Waals surface area (Å²) in [4.78, 5) is 39.6. The molecule has 1 aromatic carbocycles. The van der Waals surface area contributed by atoms with Gasteiger partial charge in [0.2, 0.25) is 11.8 Å². The van der Waals surface area contributed by atoms with Crippen LogP contribution in [0.4, 0.5) is 5.69 Å². The molecular weight excluding hydrogens is 384 g/mol. The third kappa shape index (κ3) is 2.36. The van der Waals surface area contributed by atoms with Crippen molar-refractivity contribution in [1.29, 1.82) is 0 Å². The topological polar surface area (TPSA) is 88.9 Å². The third-order valence-corrected chi connectivity index (χ3v) is 5.76. The normalized spacial score (nSPS) is 30.2. The largest absolute Gasteiger partial charge is 0.459 e. The summed E-state index contributed by atoms with van der Waals surface area (Å²) in [7, 11) is 0. The molecule has 142 valence electrons. The minimum Gasteiger partial charge on any atom is -0.459 e. The summed E-state index contributed by atoms with van der Waals surface area (Å²) in [6.07, 6.45) is 4.48. The van der Waals surface area contributed by atoms with E-state index in [9.17, 15) is 14.4 Å². The van der Waals surface area contributed by atoms with Crippen molar-refractivity contribution in [2.24, 2.45) is 11.8 Å². The molecule has 0 spiro atoms. The summed E-state index contributed by atoms with van der Waals surface area (Å²) >= 11 is 5.91. The molecule has 2 fully saturated rings. The number of anilines is 1. The molecule has 8 heteroatoms. The second kappa shape index (κ2) is 6.05. The second-order valence-corrected chi connectivity index (χ2v) is 7.48. The van der Waals surface area contributed by atoms with E-state index in [1.807, 2.05) is 0 Å². The van der Waals surface area contributed by atoms with Gasteiger partial charge in [-0.15, -0.1) is 0 Å². The standard InChI is InChI=1S/C20H15ClN2O5/c21-11-3-5-12(6-4-11)23-18(25)15-13-7-8-20(28-13,16(15)19(23)26)10-22-17(24)14-2-1-9-27-14/h1-9,13,15-16H,10H2,(H,22,24)/t13-,15+,16+,20-/m1/s1. The first kappa shape index (κ1) is 17.2. The van der Waals surface area contributed by atoms with Crippen molar-refractivity contribution in [2.45, 2.75) is 11.7 Å². The molecule has 3 amide bonds. The summed E-state index contributed by atoms with van der Waals surface area (Å²) in [5.41, 5.74) is -0.575. The smallest absolute Gasteiger partial charge is 0.287 e. The molecule has 1 aromatic heterocycles. The lowest BCUT2D eigenvalue weighted by Gasteiger charge is -2.29. The first-order valence-electron chi connectivity index (χ1n) is 8.82. The molecule has 3 aliphatic heterocycles. The number of hydrogen-bond donors (Lipinski definition) is 1. The SMILES string of the molecule is O=C(NC[C@@]12C=C[C@@H](O1)[C@@H]1C(=O)N(c3ccc(Cl)cc3)C(=O)[C@H]12)c1ccco1. The fourth-order valence-corrected chi connectivity index (χ4v) is 4.39. The van der Waals surface area contributed by atoms with Crippen LogP contribution in [0.1, 0.15) is 10.6 Å². The summed E-state index contributed by atoms with van der Waals surface area (Å²) in [5.74, 6) is -2.17. The van der Waals surface area contributed by atoms with E-state index in [0.29, 0.717) is 10.7 Å². The Morgan fingerprint density at radius 2 is 1.96 bits per heavy atom. The van der Waals surface area contributed by atoms with Crippen LogP contribution in [0.5, 0.6) is 0 Å². The van der Waals surface area contributed by atoms with Crippen LogP contribution in [0.25, 0.3) is 0 Å². The molecule has 0 aliphatic carbocycles. The number of hydrogen-bond acceptors (Lipinski definition) is 5. The number of carbonyl (C=O) groups is 3. The minimum absolute atomic E-state index is 0.0637. The Morgan fingerprint density at radius 1 is 1.18 bits per heavy atom. The highest BCUT2D eigenvalue weighted by atomic mass is 35.5. The number of benzene rings is 1. The van der Waals surface area contributed by atoms with Crippen molar-refractivity contribution >= 4 is 35.0 Å². The van der Waals surface area contributed by atoms with Crippen LogP contribution in [0.2, 0.25) is 5.02 Å². The predicted octanol–water partition coefficient (Wildman–Crippen LogP) is 2.18. The average molecular weight is 399 g/mol. The summed E-state index contributed by atoms with van der Waals surface area (Å²) in [6, 6.07) is 9.71. The van der Waals surface area contributed by atoms with Gasteiger partial charge in [0.1, 0.15) is 5.60 Å². The maximum Gasteiger partial charge on any atom is 0.287 e. The van der Waals surface area contributed by atoms with E-state index in [1.54, 1.807) is 48.6 Å². The van der Waals surface area contributed by atoms with E-state index < -0.39 is 29.4 Å². The number of ether oxygens (including phenoxy) is 1. The van der Waals surface area contributed by atoms with Crippen LogP contribution in [-0.4, -0.2) is 36.0 Å². The van der Waals surface area contributed by atoms with E-state index in [2.05, 4.69) is 5.32 Å². The Balaban J connectivity index is 1.42. The van der Waals surface area contributed by atoms with E-state index in [0.717, 1.165) is 0 Å². The Hall–Kier alpha value is -2.90. The van der Waals surface area contributed by atoms with Crippen molar-refractivity contribution in [1.82, 2.24) is 5.32 Å². The van der Waals surface area contributed by atoms with E-state index in [-0.39, 0.29) is 24.1 Å². The van der Waals surface area contributed by atoms with Crippen LogP contribution in [0.3, 0.4) is 0 Å². The van der Waals surface area contributed by atoms with E-state index in [1.165, 1.54) is 11.2 Å². The van der Waals surface area contributed by atoms with Gasteiger partial charge in [-0.25, -0.2) is 4.90 Å². The van der Waals surface area contributed by atoms with Crippen molar-refractivity contribution in [2.75, 3.05) is 11.4 Å². The van der Waals surface area contributed by atoms with E-state index >= 15 is 0 Å². The first-order valence-corrected chi connectivity index (χ1v) is 9.20. The Kier molecular flexibility index (Phi) is 3.72. The zero-order valence-electron chi connectivity index (χ0n) is 14.5. The molecule has 1 N–H and O–H groups in total. The second-order valence-electron chi connectivity index (χ2n) is 7.05. The molecule has 4 atom stereocenters. The maximum absolute atomic E-state index is 13.2. The molecule has 5 rings (SSSR count). The summed E-state index contributed by atoms with van der Waals surface area (Å²) in [5, 5.41) is 3.27. The van der Waals surface area contributed by atoms with Crippen LogP contribution in [-0.2, 0) is 14.3 Å². The quantitative estimate of drug-likeness (QED) is 0.630. The molecule has 7 nitrogen and oxygen atoms in total. The van der Waals surface area contributed by atoms with Crippen LogP contribution < -0.4 is 10.2 Å². The van der Waals surface area contributed by atoms with Gasteiger partial charge in [0.05, 0.1) is 36.4 Å². The van der Waals surface area contributed by atoms with Crippen LogP contribution in [0.15, 0.2) is 59.2 Å². The first-order chi connectivity index (χ1) is 13.5. The Bertz CT molecular complexity index is 1000. The van der Waals surface area contributed by atoms with Crippen molar-refractivity contribution in [3.05, 3.63) is 65.6 Å². The molecule has 2 aromatic rings. The van der Waals surface area contributed by atoms with Crippen molar-refractivity contribution in [3.8, 4) is 0 Å². The zero-order valence-corrected chi connectivity index (χ0v) is 15.3. The van der Waals surface area contributed by atoms with Crippen molar-refractivity contribution in [3.63, 3.8) is 0 Å². The van der Waals surface area contributed by atoms with Crippen LogP contribution in [0, 0.1) is 11.8 Å². The molecular formula is C20H15ClN2O5. The van der Waals surface area contributed by atoms with Gasteiger partial charge in [-0.3, -0.25) is 14.4 Å². The molecule has 3 aliphatic rings. The lowest BCUT2D eigenvalue weighted by atomic mass is 9.77. The number of halogens is 1. The molecule has 28 heavy (non-hydrogen) atoms. The van der Waals surface area contributed by atoms with Gasteiger partial charge >= 0.3 is 0 Å². The van der Waals surface area contributed by atoms with Gasteiger partial charge in [-0.2, -0.15) is 0 Å². The zero-order chi connectivity index (χ0) is 19.5. The molecule has 0 saturated carbocycles. The third-order valence-electron chi connectivity index (χ3n) is 5.51. The molecule has 4 heterocycles. The van der Waals surface area contributed by atoms with Crippen molar-refractivity contribution < 1.29 is 23.5 Å². The number of nitrogens with zero attached hydrogens (tertiary/aromatic N) is 1. The number of amides is 3. The number of carbonyl (C=O) groups excluding carboxylic acids is 3. The number of nitrogens with one attached hydrogen (secondary N) is 1. The Labute approximate surface area is 164 Å². The van der Waals surface area contributed by atoms with Crippen LogP contribution >= 0.6 is 11.6 Å². The maximum atomic E-state index is 13.2. The molecule has 2 bridgehead atoms. The lowest BCUT2D eigenvalue weighted by Crippen LogP contribution is -2.48. The lowest BCUT2D eigenvalue weighted by molar-refractivity contribution is -0.126. The number of fused-ring (bicyclic) bond motifs is 5. The highest BCUT2D eigenvalue weighted by Crippen LogP contribution is 2.52. The van der Waals surface area contributed by atoms with Gasteiger partial charge in [-0.1, -0.05) is 23.8 Å². The van der Waals surface area contributed by atoms with Gasteiger partial charge in [0, 0.05) is 5.02 Å². The van der Waals surface area contributed by atoms with Gasteiger partial charge < -0.3 is 14.5 Å². The molecule has 2 saturated heterocycles. The summed E-state index contributed by atoms with van der Waals surface area (Å²) < 4.78 is 11.1. The average Bonchev–Trinajstić information content (AvgIpc) is 3.45. The van der Waals surface area contributed by atoms with Gasteiger partial charge in [0.15, 0.2) is 5.76 Å². The highest BCUT2D eigenvalue weighted by molar-refractivity contribution is 6.31. The van der Waals surface area contributed by atoms with Gasteiger partial charge in [0.25, 0.3) is 5.91 Å². The fourth-order valence-electron chi connectivity index (χ4n) is 4.26.